The van der Waals surface area contributed by atoms with E-state index in [2.05, 4.69) is 5.32 Å². The van der Waals surface area contributed by atoms with Crippen LogP contribution in [-0.4, -0.2) is 12.1 Å². The second-order valence-electron chi connectivity index (χ2n) is 6.73. The average Bonchev–Trinajstić information content (AvgIpc) is 2.73. The van der Waals surface area contributed by atoms with Crippen LogP contribution in [0.15, 0.2) is 84.9 Å². The lowest BCUT2D eigenvalue weighted by Crippen LogP contribution is -2.34. The third-order valence-electron chi connectivity index (χ3n) is 4.29. The van der Waals surface area contributed by atoms with Crippen LogP contribution < -0.4 is 10.1 Å². The molecule has 3 rings (SSSR count). The van der Waals surface area contributed by atoms with E-state index in [0.717, 1.165) is 28.9 Å². The zero-order valence-electron chi connectivity index (χ0n) is 16.0. The molecule has 0 spiro atoms. The van der Waals surface area contributed by atoms with Gasteiger partial charge in [-0.2, -0.15) is 0 Å². The van der Waals surface area contributed by atoms with Crippen LogP contribution in [-0.2, 0) is 24.4 Å². The molecule has 0 bridgehead atoms. The molecule has 28 heavy (non-hydrogen) atoms. The lowest BCUT2D eigenvalue weighted by atomic mass is 10.1. The summed E-state index contributed by atoms with van der Waals surface area (Å²) >= 11 is 0. The van der Waals surface area contributed by atoms with Crippen molar-refractivity contribution in [3.63, 3.8) is 0 Å². The van der Waals surface area contributed by atoms with E-state index < -0.39 is 6.09 Å². The predicted molar refractivity (Wildman–Crippen MR) is 110 cm³/mol. The number of carbonyl (C=O) groups excluding carboxylic acids is 1. The smallest absolute Gasteiger partial charge is 0.407 e. The summed E-state index contributed by atoms with van der Waals surface area (Å²) in [6.07, 6.45) is 0.318. The average molecular weight is 375 g/mol. The van der Waals surface area contributed by atoms with Crippen molar-refractivity contribution >= 4 is 6.09 Å². The Morgan fingerprint density at radius 3 is 1.96 bits per heavy atom. The Kier molecular flexibility index (Phi) is 7.08. The highest BCUT2D eigenvalue weighted by Crippen LogP contribution is 2.15. The summed E-state index contributed by atoms with van der Waals surface area (Å²) < 4.78 is 11.1. The lowest BCUT2D eigenvalue weighted by molar-refractivity contribution is 0.136. The monoisotopic (exact) mass is 375 g/mol. The normalized spacial score (nSPS) is 11.5. The van der Waals surface area contributed by atoms with Crippen LogP contribution in [0.1, 0.15) is 23.6 Å². The Morgan fingerprint density at radius 1 is 0.786 bits per heavy atom. The molecule has 0 aliphatic heterocycles. The molecule has 4 nitrogen and oxygen atoms in total. The van der Waals surface area contributed by atoms with E-state index in [0.29, 0.717) is 6.61 Å². The van der Waals surface area contributed by atoms with E-state index in [-0.39, 0.29) is 12.6 Å². The Balaban J connectivity index is 1.41. The molecule has 4 heteroatoms. The highest BCUT2D eigenvalue weighted by Gasteiger charge is 2.09. The van der Waals surface area contributed by atoms with E-state index in [1.165, 1.54) is 0 Å². The molecule has 0 radical (unpaired) electrons. The van der Waals surface area contributed by atoms with E-state index in [4.69, 9.17) is 9.47 Å². The van der Waals surface area contributed by atoms with Gasteiger partial charge in [0.05, 0.1) is 0 Å². The van der Waals surface area contributed by atoms with Gasteiger partial charge in [0, 0.05) is 6.04 Å². The van der Waals surface area contributed by atoms with Crippen molar-refractivity contribution in [1.82, 2.24) is 5.32 Å². The van der Waals surface area contributed by atoms with E-state index >= 15 is 0 Å². The topological polar surface area (TPSA) is 47.6 Å². The number of ether oxygens (including phenoxy) is 2. The molecule has 0 saturated carbocycles. The molecule has 0 heterocycles. The number of alkyl carbamates (subject to hydrolysis) is 1. The SMILES string of the molecule is C[C@@H](Cc1ccc(OCc2ccccc2)cc1)NC(=O)OCc1ccccc1. The second-order valence-corrected chi connectivity index (χ2v) is 6.73. The molecule has 0 aliphatic carbocycles. The number of hydrogen-bond acceptors (Lipinski definition) is 3. The van der Waals surface area contributed by atoms with Gasteiger partial charge in [0.1, 0.15) is 19.0 Å². The Morgan fingerprint density at radius 2 is 1.36 bits per heavy atom. The summed E-state index contributed by atoms with van der Waals surface area (Å²) in [5.41, 5.74) is 3.23. The fraction of sp³-hybridized carbons (Fsp3) is 0.208. The second kappa shape index (κ2) is 10.2. The number of nitrogens with one attached hydrogen (secondary N) is 1. The molecular formula is C24H25NO3. The molecule has 0 unspecified atom stereocenters. The molecule has 144 valence electrons. The molecule has 3 aromatic rings. The molecule has 0 fully saturated rings. The van der Waals surface area contributed by atoms with Gasteiger partial charge in [0.2, 0.25) is 0 Å². The van der Waals surface area contributed by atoms with E-state index in [1.54, 1.807) is 0 Å². The van der Waals surface area contributed by atoms with Crippen LogP contribution in [0, 0.1) is 0 Å². The minimum Gasteiger partial charge on any atom is -0.489 e. The number of amides is 1. The van der Waals surface area contributed by atoms with Gasteiger partial charge in [-0.25, -0.2) is 4.79 Å². The fourth-order valence-electron chi connectivity index (χ4n) is 2.83. The summed E-state index contributed by atoms with van der Waals surface area (Å²) in [7, 11) is 0. The zero-order chi connectivity index (χ0) is 19.6. The maximum atomic E-state index is 11.9. The first kappa shape index (κ1) is 19.5. The summed E-state index contributed by atoms with van der Waals surface area (Å²) in [6, 6.07) is 27.6. The Hall–Kier alpha value is -3.27. The summed E-state index contributed by atoms with van der Waals surface area (Å²) in [5, 5.41) is 2.87. The van der Waals surface area contributed by atoms with Crippen molar-refractivity contribution in [2.24, 2.45) is 0 Å². The molecule has 1 atom stereocenters. The van der Waals surface area contributed by atoms with Gasteiger partial charge < -0.3 is 14.8 Å². The quantitative estimate of drug-likeness (QED) is 0.594. The van der Waals surface area contributed by atoms with Crippen LogP contribution in [0.5, 0.6) is 5.75 Å². The van der Waals surface area contributed by atoms with Crippen molar-refractivity contribution in [2.45, 2.75) is 32.6 Å². The first-order valence-corrected chi connectivity index (χ1v) is 9.42. The standard InChI is InChI=1S/C24H25NO3/c1-19(25-24(26)28-18-22-10-6-3-7-11-22)16-20-12-14-23(15-13-20)27-17-21-8-4-2-5-9-21/h2-15,19H,16-18H2,1H3,(H,25,26)/t19-/m0/s1. The molecule has 0 saturated heterocycles. The summed E-state index contributed by atoms with van der Waals surface area (Å²) in [4.78, 5) is 11.9. The molecule has 0 aromatic heterocycles. The van der Waals surface area contributed by atoms with Gasteiger partial charge in [-0.3, -0.25) is 0 Å². The highest BCUT2D eigenvalue weighted by atomic mass is 16.5. The number of carbonyl (C=O) groups is 1. The molecule has 3 aromatic carbocycles. The minimum atomic E-state index is -0.404. The Bertz CT molecular complexity index is 848. The van der Waals surface area contributed by atoms with Gasteiger partial charge in [0.25, 0.3) is 0 Å². The van der Waals surface area contributed by atoms with Gasteiger partial charge in [-0.05, 0) is 42.2 Å². The number of benzene rings is 3. The first-order valence-electron chi connectivity index (χ1n) is 9.42. The van der Waals surface area contributed by atoms with E-state index in [9.17, 15) is 4.79 Å². The summed E-state index contributed by atoms with van der Waals surface area (Å²) in [5.74, 6) is 0.829. The maximum Gasteiger partial charge on any atom is 0.407 e. The summed E-state index contributed by atoms with van der Waals surface area (Å²) in [6.45, 7) is 2.78. The maximum absolute atomic E-state index is 11.9. The van der Waals surface area contributed by atoms with Crippen LogP contribution in [0.3, 0.4) is 0 Å². The predicted octanol–water partition coefficient (Wildman–Crippen LogP) is 5.12. The van der Waals surface area contributed by atoms with Crippen LogP contribution >= 0.6 is 0 Å². The van der Waals surface area contributed by atoms with Crippen LogP contribution in [0.25, 0.3) is 0 Å². The number of hydrogen-bond donors (Lipinski definition) is 1. The van der Waals surface area contributed by atoms with Crippen molar-refractivity contribution in [2.75, 3.05) is 0 Å². The van der Waals surface area contributed by atoms with Crippen LogP contribution in [0.4, 0.5) is 4.79 Å². The minimum absolute atomic E-state index is 0.0284. The van der Waals surface area contributed by atoms with E-state index in [1.807, 2.05) is 91.9 Å². The fourth-order valence-corrected chi connectivity index (χ4v) is 2.83. The third kappa shape index (κ3) is 6.47. The van der Waals surface area contributed by atoms with Gasteiger partial charge in [-0.15, -0.1) is 0 Å². The van der Waals surface area contributed by atoms with Gasteiger partial charge in [0.15, 0.2) is 0 Å². The van der Waals surface area contributed by atoms with Crippen molar-refractivity contribution in [3.8, 4) is 5.75 Å². The largest absolute Gasteiger partial charge is 0.489 e. The number of rotatable bonds is 8. The van der Waals surface area contributed by atoms with Crippen molar-refractivity contribution < 1.29 is 14.3 Å². The Labute approximate surface area is 166 Å². The lowest BCUT2D eigenvalue weighted by Gasteiger charge is -2.14. The third-order valence-corrected chi connectivity index (χ3v) is 4.29. The van der Waals surface area contributed by atoms with Gasteiger partial charge in [-0.1, -0.05) is 72.8 Å². The molecule has 0 aliphatic rings. The van der Waals surface area contributed by atoms with Gasteiger partial charge >= 0.3 is 6.09 Å². The highest BCUT2D eigenvalue weighted by molar-refractivity contribution is 5.67. The molecular weight excluding hydrogens is 350 g/mol. The zero-order valence-corrected chi connectivity index (χ0v) is 16.0. The van der Waals surface area contributed by atoms with Crippen LogP contribution in [0.2, 0.25) is 0 Å². The van der Waals surface area contributed by atoms with Crippen molar-refractivity contribution in [3.05, 3.63) is 102 Å². The van der Waals surface area contributed by atoms with Crippen molar-refractivity contribution in [1.29, 1.82) is 0 Å². The molecule has 1 N–H and O–H groups in total. The first-order chi connectivity index (χ1) is 13.7. The molecule has 1 amide bonds.